The highest BCUT2D eigenvalue weighted by Crippen LogP contribution is 2.02. The number of carbonyl (C=O) groups excluding carboxylic acids is 2. The SMILES string of the molecule is CN(CCCCCCS)CCNC(=O)NC(C)(C)C(N)=O. The molecule has 4 N–H and O–H groups in total. The fraction of sp³-hybridized carbons (Fsp3) is 0.857. The van der Waals surface area contributed by atoms with Crippen LogP contribution in [0.25, 0.3) is 0 Å². The molecule has 0 aliphatic heterocycles. The molecule has 0 rings (SSSR count). The van der Waals surface area contributed by atoms with E-state index in [9.17, 15) is 9.59 Å². The van der Waals surface area contributed by atoms with E-state index in [-0.39, 0.29) is 6.03 Å². The average molecular weight is 318 g/mol. The summed E-state index contributed by atoms with van der Waals surface area (Å²) in [5, 5.41) is 5.27. The van der Waals surface area contributed by atoms with Gasteiger partial charge in [0.2, 0.25) is 5.91 Å². The normalized spacial score (nSPS) is 11.5. The lowest BCUT2D eigenvalue weighted by molar-refractivity contribution is -0.122. The van der Waals surface area contributed by atoms with Crippen molar-refractivity contribution in [1.29, 1.82) is 0 Å². The topological polar surface area (TPSA) is 87.5 Å². The van der Waals surface area contributed by atoms with Gasteiger partial charge in [-0.15, -0.1) is 0 Å². The van der Waals surface area contributed by atoms with Crippen molar-refractivity contribution < 1.29 is 9.59 Å². The maximum Gasteiger partial charge on any atom is 0.315 e. The molecule has 0 atom stereocenters. The van der Waals surface area contributed by atoms with Gasteiger partial charge in [0, 0.05) is 13.1 Å². The van der Waals surface area contributed by atoms with Crippen LogP contribution in [0.4, 0.5) is 4.79 Å². The first kappa shape index (κ1) is 20.1. The maximum atomic E-state index is 11.6. The van der Waals surface area contributed by atoms with Gasteiger partial charge in [-0.1, -0.05) is 12.8 Å². The van der Waals surface area contributed by atoms with Crippen molar-refractivity contribution in [1.82, 2.24) is 15.5 Å². The summed E-state index contributed by atoms with van der Waals surface area (Å²) in [4.78, 5) is 24.9. The Labute approximate surface area is 133 Å². The van der Waals surface area contributed by atoms with Crippen LogP contribution in [-0.4, -0.2) is 54.8 Å². The van der Waals surface area contributed by atoms with E-state index in [1.807, 2.05) is 7.05 Å². The summed E-state index contributed by atoms with van der Waals surface area (Å²) in [7, 11) is 2.03. The minimum Gasteiger partial charge on any atom is -0.368 e. The van der Waals surface area contributed by atoms with Crippen molar-refractivity contribution in [2.24, 2.45) is 5.73 Å². The van der Waals surface area contributed by atoms with Gasteiger partial charge in [-0.05, 0) is 46.0 Å². The Morgan fingerprint density at radius 3 is 2.33 bits per heavy atom. The van der Waals surface area contributed by atoms with Crippen molar-refractivity contribution >= 4 is 24.6 Å². The minimum atomic E-state index is -1.04. The number of unbranched alkanes of at least 4 members (excludes halogenated alkanes) is 3. The first-order valence-corrected chi connectivity index (χ1v) is 8.08. The first-order valence-electron chi connectivity index (χ1n) is 7.45. The fourth-order valence-corrected chi connectivity index (χ4v) is 1.93. The number of hydrogen-bond acceptors (Lipinski definition) is 4. The second-order valence-electron chi connectivity index (χ2n) is 5.81. The fourth-order valence-electron chi connectivity index (χ4n) is 1.71. The van der Waals surface area contributed by atoms with Crippen molar-refractivity contribution in [3.05, 3.63) is 0 Å². The lowest BCUT2D eigenvalue weighted by atomic mass is 10.1. The predicted molar refractivity (Wildman–Crippen MR) is 89.6 cm³/mol. The van der Waals surface area contributed by atoms with Crippen LogP contribution in [0.1, 0.15) is 39.5 Å². The summed E-state index contributed by atoms with van der Waals surface area (Å²) in [5.74, 6) is 0.396. The van der Waals surface area contributed by atoms with Crippen LogP contribution in [0.5, 0.6) is 0 Å². The number of urea groups is 1. The Kier molecular flexibility index (Phi) is 10.2. The molecule has 0 aliphatic rings. The van der Waals surface area contributed by atoms with Crippen LogP contribution in [0.15, 0.2) is 0 Å². The zero-order chi connectivity index (χ0) is 16.3. The highest BCUT2D eigenvalue weighted by atomic mass is 32.1. The number of amides is 3. The molecule has 0 spiro atoms. The van der Waals surface area contributed by atoms with E-state index >= 15 is 0 Å². The lowest BCUT2D eigenvalue weighted by Crippen LogP contribution is -2.56. The summed E-state index contributed by atoms with van der Waals surface area (Å²) in [6.45, 7) is 5.48. The maximum absolute atomic E-state index is 11.6. The molecule has 0 fully saturated rings. The molecule has 0 aliphatic carbocycles. The third-order valence-electron chi connectivity index (χ3n) is 3.27. The van der Waals surface area contributed by atoms with Gasteiger partial charge in [-0.25, -0.2) is 4.79 Å². The third kappa shape index (κ3) is 10.4. The summed E-state index contributed by atoms with van der Waals surface area (Å²) < 4.78 is 0. The molecule has 0 saturated heterocycles. The monoisotopic (exact) mass is 318 g/mol. The Morgan fingerprint density at radius 2 is 1.76 bits per heavy atom. The number of rotatable bonds is 11. The van der Waals surface area contributed by atoms with Crippen molar-refractivity contribution in [3.63, 3.8) is 0 Å². The quantitative estimate of drug-likeness (QED) is 0.338. The molecule has 0 unspecified atom stereocenters. The molecule has 124 valence electrons. The van der Waals surface area contributed by atoms with Gasteiger partial charge >= 0.3 is 6.03 Å². The second-order valence-corrected chi connectivity index (χ2v) is 6.26. The zero-order valence-corrected chi connectivity index (χ0v) is 14.3. The molecule has 21 heavy (non-hydrogen) atoms. The van der Waals surface area contributed by atoms with Crippen LogP contribution in [0.3, 0.4) is 0 Å². The molecule has 7 heteroatoms. The number of thiol groups is 1. The summed E-state index contributed by atoms with van der Waals surface area (Å²) >= 11 is 4.19. The van der Waals surface area contributed by atoms with Gasteiger partial charge in [-0.2, -0.15) is 12.6 Å². The van der Waals surface area contributed by atoms with Crippen LogP contribution < -0.4 is 16.4 Å². The number of likely N-dealkylation sites (N-methyl/N-ethyl adjacent to an activating group) is 1. The summed E-state index contributed by atoms with van der Waals surface area (Å²) in [6.07, 6.45) is 4.77. The summed E-state index contributed by atoms with van der Waals surface area (Å²) in [6, 6.07) is -0.374. The number of nitrogens with zero attached hydrogens (tertiary/aromatic N) is 1. The molecule has 3 amide bonds. The van der Waals surface area contributed by atoms with Crippen molar-refractivity contribution in [2.45, 2.75) is 45.1 Å². The molecular weight excluding hydrogens is 288 g/mol. The second kappa shape index (κ2) is 10.7. The van der Waals surface area contributed by atoms with Crippen LogP contribution in [0.2, 0.25) is 0 Å². The van der Waals surface area contributed by atoms with Crippen LogP contribution in [0, 0.1) is 0 Å². The van der Waals surface area contributed by atoms with Crippen molar-refractivity contribution in [3.8, 4) is 0 Å². The number of carbonyl (C=O) groups is 2. The highest BCUT2D eigenvalue weighted by Gasteiger charge is 2.26. The Morgan fingerprint density at radius 1 is 1.14 bits per heavy atom. The zero-order valence-electron chi connectivity index (χ0n) is 13.4. The molecule has 0 saturated carbocycles. The Hall–Kier alpha value is -0.950. The number of primary amides is 1. The molecule has 6 nitrogen and oxygen atoms in total. The van der Waals surface area contributed by atoms with Crippen molar-refractivity contribution in [2.75, 3.05) is 32.4 Å². The van der Waals surface area contributed by atoms with E-state index in [0.29, 0.717) is 6.54 Å². The van der Waals surface area contributed by atoms with Gasteiger partial charge in [-0.3, -0.25) is 4.79 Å². The number of hydrogen-bond donors (Lipinski definition) is 4. The van der Waals surface area contributed by atoms with E-state index in [0.717, 1.165) is 25.3 Å². The summed E-state index contributed by atoms with van der Waals surface area (Å²) in [5.41, 5.74) is 4.15. The molecule has 0 aromatic rings. The minimum absolute atomic E-state index is 0.374. The van der Waals surface area contributed by atoms with E-state index in [1.165, 1.54) is 19.3 Å². The molecule has 0 radical (unpaired) electrons. The predicted octanol–water partition coefficient (Wildman–Crippen LogP) is 0.972. The highest BCUT2D eigenvalue weighted by molar-refractivity contribution is 7.80. The third-order valence-corrected chi connectivity index (χ3v) is 3.59. The number of nitrogens with one attached hydrogen (secondary N) is 2. The first-order chi connectivity index (χ1) is 9.79. The average Bonchev–Trinajstić information content (AvgIpc) is 2.37. The van der Waals surface area contributed by atoms with E-state index in [2.05, 4.69) is 28.2 Å². The molecule has 0 aromatic carbocycles. The van der Waals surface area contributed by atoms with E-state index < -0.39 is 11.4 Å². The standard InChI is InChI=1S/C14H30N4O2S/c1-14(2,12(15)19)17-13(20)16-8-10-18(3)9-6-4-5-7-11-21/h21H,4-11H2,1-3H3,(H2,15,19)(H2,16,17,20). The largest absolute Gasteiger partial charge is 0.368 e. The van der Waals surface area contributed by atoms with Crippen LogP contribution >= 0.6 is 12.6 Å². The van der Waals surface area contributed by atoms with Gasteiger partial charge in [0.1, 0.15) is 5.54 Å². The van der Waals surface area contributed by atoms with Crippen LogP contribution in [-0.2, 0) is 4.79 Å². The van der Waals surface area contributed by atoms with E-state index in [1.54, 1.807) is 13.8 Å². The molecule has 0 bridgehead atoms. The Balaban J connectivity index is 3.69. The Bertz CT molecular complexity index is 324. The molecule has 0 aromatic heterocycles. The number of nitrogens with two attached hydrogens (primary N) is 1. The molecule has 0 heterocycles. The van der Waals surface area contributed by atoms with Gasteiger partial charge in [0.15, 0.2) is 0 Å². The molecular formula is C14H30N4O2S. The van der Waals surface area contributed by atoms with E-state index in [4.69, 9.17) is 5.73 Å². The lowest BCUT2D eigenvalue weighted by Gasteiger charge is -2.23. The van der Waals surface area contributed by atoms with Gasteiger partial charge < -0.3 is 21.3 Å². The smallest absolute Gasteiger partial charge is 0.315 e. The van der Waals surface area contributed by atoms with Gasteiger partial charge in [0.05, 0.1) is 0 Å². The van der Waals surface area contributed by atoms with Gasteiger partial charge in [0.25, 0.3) is 0 Å².